The highest BCUT2D eigenvalue weighted by atomic mass is 32.1. The third kappa shape index (κ3) is 5.16. The van der Waals surface area contributed by atoms with Gasteiger partial charge >= 0.3 is 0 Å². The second-order valence-corrected chi connectivity index (χ2v) is 4.88. The molecular formula is C12H21N3S. The van der Waals surface area contributed by atoms with Crippen molar-refractivity contribution in [2.45, 2.75) is 27.3 Å². The van der Waals surface area contributed by atoms with Gasteiger partial charge in [0.1, 0.15) is 0 Å². The molecule has 1 aromatic rings. The molecule has 1 aromatic heterocycles. The maximum absolute atomic E-state index is 4.53. The SMILES string of the molecule is CCNC(=NCc1ccsc1)NCC(C)C. The quantitative estimate of drug-likeness (QED) is 0.612. The highest BCUT2D eigenvalue weighted by Gasteiger charge is 1.99. The van der Waals surface area contributed by atoms with E-state index in [2.05, 4.69) is 53.2 Å². The van der Waals surface area contributed by atoms with E-state index in [9.17, 15) is 0 Å². The molecule has 1 heterocycles. The summed E-state index contributed by atoms with van der Waals surface area (Å²) in [5.41, 5.74) is 1.27. The van der Waals surface area contributed by atoms with E-state index in [0.717, 1.165) is 25.6 Å². The van der Waals surface area contributed by atoms with E-state index < -0.39 is 0 Å². The Kier molecular flexibility index (Phi) is 5.93. The lowest BCUT2D eigenvalue weighted by Gasteiger charge is -2.12. The standard InChI is InChI=1S/C12H21N3S/c1-4-13-12(14-7-10(2)3)15-8-11-5-6-16-9-11/h5-6,9-10H,4,7-8H2,1-3H3,(H2,13,14,15). The van der Waals surface area contributed by atoms with Gasteiger partial charge in [-0.2, -0.15) is 11.3 Å². The fourth-order valence-corrected chi connectivity index (χ4v) is 1.86. The molecule has 0 radical (unpaired) electrons. The Balaban J connectivity index is 2.44. The molecule has 1 rings (SSSR count). The Bertz CT molecular complexity index is 304. The monoisotopic (exact) mass is 239 g/mol. The van der Waals surface area contributed by atoms with Crippen LogP contribution in [0.2, 0.25) is 0 Å². The molecule has 0 spiro atoms. The molecule has 0 aliphatic rings. The number of hydrogen-bond donors (Lipinski definition) is 2. The van der Waals surface area contributed by atoms with Gasteiger partial charge in [-0.1, -0.05) is 13.8 Å². The second-order valence-electron chi connectivity index (χ2n) is 4.10. The Morgan fingerprint density at radius 2 is 2.25 bits per heavy atom. The highest BCUT2D eigenvalue weighted by Crippen LogP contribution is 2.06. The number of thiophene rings is 1. The molecule has 0 unspecified atom stereocenters. The molecule has 0 atom stereocenters. The predicted octanol–water partition coefficient (Wildman–Crippen LogP) is 2.46. The summed E-state index contributed by atoms with van der Waals surface area (Å²) in [5.74, 6) is 1.53. The first-order valence-corrected chi connectivity index (χ1v) is 6.70. The lowest BCUT2D eigenvalue weighted by Crippen LogP contribution is -2.39. The molecule has 90 valence electrons. The van der Waals surface area contributed by atoms with Gasteiger partial charge < -0.3 is 10.6 Å². The fraction of sp³-hybridized carbons (Fsp3) is 0.583. The van der Waals surface area contributed by atoms with Gasteiger partial charge in [-0.3, -0.25) is 0 Å². The predicted molar refractivity (Wildman–Crippen MR) is 72.0 cm³/mol. The molecule has 0 aliphatic heterocycles. The van der Waals surface area contributed by atoms with Crippen LogP contribution in [0.1, 0.15) is 26.3 Å². The zero-order valence-electron chi connectivity index (χ0n) is 10.3. The number of nitrogens with one attached hydrogen (secondary N) is 2. The first kappa shape index (κ1) is 13.0. The fourth-order valence-electron chi connectivity index (χ4n) is 1.20. The van der Waals surface area contributed by atoms with E-state index in [1.807, 2.05) is 0 Å². The summed E-state index contributed by atoms with van der Waals surface area (Å²) in [4.78, 5) is 4.53. The maximum Gasteiger partial charge on any atom is 0.191 e. The molecule has 0 fully saturated rings. The van der Waals surface area contributed by atoms with Crippen LogP contribution in [0.3, 0.4) is 0 Å². The van der Waals surface area contributed by atoms with Crippen LogP contribution >= 0.6 is 11.3 Å². The Labute approximate surface area is 102 Å². The zero-order chi connectivity index (χ0) is 11.8. The first-order valence-electron chi connectivity index (χ1n) is 5.75. The third-order valence-electron chi connectivity index (χ3n) is 2.02. The molecule has 16 heavy (non-hydrogen) atoms. The molecule has 0 bridgehead atoms. The van der Waals surface area contributed by atoms with Gasteiger partial charge in [-0.05, 0) is 35.2 Å². The molecule has 0 aromatic carbocycles. The maximum atomic E-state index is 4.53. The lowest BCUT2D eigenvalue weighted by atomic mass is 10.2. The van der Waals surface area contributed by atoms with Crippen LogP contribution in [0.4, 0.5) is 0 Å². The van der Waals surface area contributed by atoms with Crippen LogP contribution in [0.5, 0.6) is 0 Å². The van der Waals surface area contributed by atoms with Crippen LogP contribution in [0.15, 0.2) is 21.8 Å². The minimum absolute atomic E-state index is 0.630. The average Bonchev–Trinajstić information content (AvgIpc) is 2.75. The van der Waals surface area contributed by atoms with Gasteiger partial charge in [-0.15, -0.1) is 0 Å². The summed E-state index contributed by atoms with van der Waals surface area (Å²) in [7, 11) is 0. The Morgan fingerprint density at radius 3 is 2.81 bits per heavy atom. The number of nitrogens with zero attached hydrogens (tertiary/aromatic N) is 1. The third-order valence-corrected chi connectivity index (χ3v) is 2.75. The van der Waals surface area contributed by atoms with Crippen LogP contribution < -0.4 is 10.6 Å². The average molecular weight is 239 g/mol. The van der Waals surface area contributed by atoms with Gasteiger partial charge in [0.15, 0.2) is 5.96 Å². The van der Waals surface area contributed by atoms with E-state index in [-0.39, 0.29) is 0 Å². The van der Waals surface area contributed by atoms with E-state index >= 15 is 0 Å². The van der Waals surface area contributed by atoms with E-state index in [0.29, 0.717) is 5.92 Å². The van der Waals surface area contributed by atoms with Crippen molar-refractivity contribution in [2.75, 3.05) is 13.1 Å². The molecular weight excluding hydrogens is 218 g/mol. The minimum atomic E-state index is 0.630. The van der Waals surface area contributed by atoms with Crippen molar-refractivity contribution in [3.05, 3.63) is 22.4 Å². The van der Waals surface area contributed by atoms with Crippen molar-refractivity contribution in [2.24, 2.45) is 10.9 Å². The van der Waals surface area contributed by atoms with Gasteiger partial charge in [0.05, 0.1) is 6.54 Å². The van der Waals surface area contributed by atoms with Crippen LogP contribution in [-0.2, 0) is 6.54 Å². The number of aliphatic imine (C=N–C) groups is 1. The van der Waals surface area contributed by atoms with E-state index in [4.69, 9.17) is 0 Å². The largest absolute Gasteiger partial charge is 0.357 e. The van der Waals surface area contributed by atoms with Gasteiger partial charge in [0, 0.05) is 13.1 Å². The van der Waals surface area contributed by atoms with Crippen LogP contribution in [-0.4, -0.2) is 19.0 Å². The van der Waals surface area contributed by atoms with Crippen LogP contribution in [0, 0.1) is 5.92 Å². The van der Waals surface area contributed by atoms with Gasteiger partial charge in [0.25, 0.3) is 0 Å². The van der Waals surface area contributed by atoms with E-state index in [1.54, 1.807) is 11.3 Å². The normalized spacial score (nSPS) is 11.9. The summed E-state index contributed by atoms with van der Waals surface area (Å²) in [6, 6.07) is 2.11. The lowest BCUT2D eigenvalue weighted by molar-refractivity contribution is 0.615. The second kappa shape index (κ2) is 7.28. The van der Waals surface area contributed by atoms with Crippen LogP contribution in [0.25, 0.3) is 0 Å². The van der Waals surface area contributed by atoms with Crippen molar-refractivity contribution in [3.8, 4) is 0 Å². The number of rotatable bonds is 5. The summed E-state index contributed by atoms with van der Waals surface area (Å²) < 4.78 is 0. The molecule has 2 N–H and O–H groups in total. The Morgan fingerprint density at radius 1 is 1.44 bits per heavy atom. The van der Waals surface area contributed by atoms with Crippen molar-refractivity contribution in [1.29, 1.82) is 0 Å². The molecule has 0 amide bonds. The van der Waals surface area contributed by atoms with E-state index in [1.165, 1.54) is 5.56 Å². The van der Waals surface area contributed by atoms with Gasteiger partial charge in [0.2, 0.25) is 0 Å². The molecule has 0 aliphatic carbocycles. The van der Waals surface area contributed by atoms with Crippen molar-refractivity contribution < 1.29 is 0 Å². The smallest absolute Gasteiger partial charge is 0.191 e. The molecule has 4 heteroatoms. The Hall–Kier alpha value is -1.03. The zero-order valence-corrected chi connectivity index (χ0v) is 11.1. The first-order chi connectivity index (χ1) is 7.72. The highest BCUT2D eigenvalue weighted by molar-refractivity contribution is 7.07. The molecule has 3 nitrogen and oxygen atoms in total. The summed E-state index contributed by atoms with van der Waals surface area (Å²) in [6.45, 7) is 9.06. The number of guanidine groups is 1. The van der Waals surface area contributed by atoms with Gasteiger partial charge in [-0.25, -0.2) is 4.99 Å². The molecule has 0 saturated carbocycles. The van der Waals surface area contributed by atoms with Crippen molar-refractivity contribution in [3.63, 3.8) is 0 Å². The van der Waals surface area contributed by atoms with Crippen molar-refractivity contribution >= 4 is 17.3 Å². The van der Waals surface area contributed by atoms with Crippen molar-refractivity contribution in [1.82, 2.24) is 10.6 Å². The summed E-state index contributed by atoms with van der Waals surface area (Å²) in [5, 5.41) is 10.8. The molecule has 0 saturated heterocycles. The minimum Gasteiger partial charge on any atom is -0.357 e. The number of hydrogen-bond acceptors (Lipinski definition) is 2. The topological polar surface area (TPSA) is 36.4 Å². The summed E-state index contributed by atoms with van der Waals surface area (Å²) >= 11 is 1.71. The summed E-state index contributed by atoms with van der Waals surface area (Å²) in [6.07, 6.45) is 0.